The monoisotopic (exact) mass is 279 g/mol. The van der Waals surface area contributed by atoms with Gasteiger partial charge in [0.2, 0.25) is 0 Å². The molecule has 0 unspecified atom stereocenters. The first-order valence-electron chi connectivity index (χ1n) is 5.62. The molecule has 18 heavy (non-hydrogen) atoms. The van der Waals surface area contributed by atoms with Gasteiger partial charge in [0, 0.05) is 5.69 Å². The third kappa shape index (κ3) is 2.74. The van der Waals surface area contributed by atoms with Crippen LogP contribution < -0.4 is 5.32 Å². The van der Waals surface area contributed by atoms with Crippen LogP contribution in [-0.4, -0.2) is 5.91 Å². The van der Waals surface area contributed by atoms with E-state index in [1.54, 1.807) is 12.1 Å². The van der Waals surface area contributed by atoms with Crippen LogP contribution in [-0.2, 0) is 0 Å². The van der Waals surface area contributed by atoms with Crippen molar-refractivity contribution >= 4 is 34.5 Å². The minimum Gasteiger partial charge on any atom is -0.321 e. The zero-order valence-electron chi connectivity index (χ0n) is 10.5. The maximum Gasteiger partial charge on any atom is 0.265 e. The van der Waals surface area contributed by atoms with E-state index in [0.717, 1.165) is 16.8 Å². The number of nitrogens with one attached hydrogen (secondary N) is 1. The maximum absolute atomic E-state index is 12.1. The molecule has 0 radical (unpaired) electrons. The number of halogens is 1. The lowest BCUT2D eigenvalue weighted by Crippen LogP contribution is -2.12. The molecule has 2 nitrogen and oxygen atoms in total. The van der Waals surface area contributed by atoms with Crippen LogP contribution in [0.25, 0.3) is 0 Å². The minimum atomic E-state index is -0.109. The summed E-state index contributed by atoms with van der Waals surface area (Å²) in [6.45, 7) is 6.04. The van der Waals surface area contributed by atoms with E-state index >= 15 is 0 Å². The Kier molecular flexibility index (Phi) is 3.73. The average Bonchev–Trinajstić information content (AvgIpc) is 2.70. The summed E-state index contributed by atoms with van der Waals surface area (Å²) >= 11 is 7.11. The van der Waals surface area contributed by atoms with E-state index in [4.69, 9.17) is 11.6 Å². The van der Waals surface area contributed by atoms with Crippen LogP contribution in [0.2, 0.25) is 4.34 Å². The first-order chi connectivity index (χ1) is 8.47. The summed E-state index contributed by atoms with van der Waals surface area (Å²) in [6, 6.07) is 7.59. The van der Waals surface area contributed by atoms with Crippen molar-refractivity contribution in [1.29, 1.82) is 0 Å². The van der Waals surface area contributed by atoms with Gasteiger partial charge >= 0.3 is 0 Å². The molecule has 1 heterocycles. The smallest absolute Gasteiger partial charge is 0.265 e. The predicted molar refractivity (Wildman–Crippen MR) is 77.9 cm³/mol. The lowest BCUT2D eigenvalue weighted by molar-refractivity contribution is 0.103. The lowest BCUT2D eigenvalue weighted by atomic mass is 10.1. The van der Waals surface area contributed by atoms with Gasteiger partial charge in [-0.15, -0.1) is 11.3 Å². The molecule has 0 fully saturated rings. The largest absolute Gasteiger partial charge is 0.321 e. The van der Waals surface area contributed by atoms with Crippen LogP contribution in [0.15, 0.2) is 24.3 Å². The number of aryl methyl sites for hydroxylation is 3. The molecule has 1 aromatic heterocycles. The van der Waals surface area contributed by atoms with Crippen LogP contribution in [0.1, 0.15) is 26.4 Å². The highest BCUT2D eigenvalue weighted by Gasteiger charge is 2.12. The van der Waals surface area contributed by atoms with Gasteiger partial charge in [-0.1, -0.05) is 29.3 Å². The molecule has 94 valence electrons. The van der Waals surface area contributed by atoms with Gasteiger partial charge in [0.05, 0.1) is 9.21 Å². The highest BCUT2D eigenvalue weighted by atomic mass is 35.5. The zero-order chi connectivity index (χ0) is 13.3. The highest BCUT2D eigenvalue weighted by molar-refractivity contribution is 7.18. The van der Waals surface area contributed by atoms with Crippen LogP contribution in [0.4, 0.5) is 5.69 Å². The minimum absolute atomic E-state index is 0.109. The molecule has 0 saturated carbocycles. The van der Waals surface area contributed by atoms with Gasteiger partial charge in [0.15, 0.2) is 0 Å². The molecule has 0 bridgehead atoms. The Morgan fingerprint density at radius 2 is 1.78 bits per heavy atom. The number of rotatable bonds is 2. The normalized spacial score (nSPS) is 10.4. The predicted octanol–water partition coefficient (Wildman–Crippen LogP) is 4.58. The zero-order valence-corrected chi connectivity index (χ0v) is 12.1. The molecule has 2 rings (SSSR count). The van der Waals surface area contributed by atoms with Crippen molar-refractivity contribution in [2.24, 2.45) is 0 Å². The molecule has 4 heteroatoms. The lowest BCUT2D eigenvalue weighted by Gasteiger charge is -2.12. The quantitative estimate of drug-likeness (QED) is 0.857. The third-order valence-electron chi connectivity index (χ3n) is 2.71. The molecular weight excluding hydrogens is 266 g/mol. The van der Waals surface area contributed by atoms with Gasteiger partial charge in [-0.25, -0.2) is 0 Å². The van der Waals surface area contributed by atoms with Crippen molar-refractivity contribution in [2.75, 3.05) is 5.32 Å². The molecule has 1 amide bonds. The molecule has 1 aromatic carbocycles. The molecule has 0 aliphatic rings. The van der Waals surface area contributed by atoms with Crippen molar-refractivity contribution in [3.05, 3.63) is 50.2 Å². The Morgan fingerprint density at radius 3 is 2.28 bits per heavy atom. The van der Waals surface area contributed by atoms with E-state index in [1.807, 2.05) is 20.8 Å². The fraction of sp³-hybridized carbons (Fsp3) is 0.214. The Hall–Kier alpha value is -1.32. The van der Waals surface area contributed by atoms with Crippen molar-refractivity contribution < 1.29 is 4.79 Å². The number of amides is 1. The van der Waals surface area contributed by atoms with E-state index in [9.17, 15) is 4.79 Å². The van der Waals surface area contributed by atoms with Gasteiger partial charge in [0.25, 0.3) is 5.91 Å². The number of anilines is 1. The molecule has 0 atom stereocenters. The molecule has 0 aliphatic carbocycles. The van der Waals surface area contributed by atoms with E-state index in [0.29, 0.717) is 9.21 Å². The maximum atomic E-state index is 12.1. The standard InChI is InChI=1S/C14H14ClNOS/c1-8-6-9(2)13(10(3)7-8)16-14(17)11-4-5-12(15)18-11/h4-7H,1-3H3,(H,16,17). The number of carbonyl (C=O) groups is 1. The fourth-order valence-corrected chi connectivity index (χ4v) is 2.93. The topological polar surface area (TPSA) is 29.1 Å². The van der Waals surface area contributed by atoms with Crippen LogP contribution in [0.3, 0.4) is 0 Å². The van der Waals surface area contributed by atoms with E-state index < -0.39 is 0 Å². The average molecular weight is 280 g/mol. The second-order valence-electron chi connectivity index (χ2n) is 4.33. The van der Waals surface area contributed by atoms with Gasteiger partial charge in [0.1, 0.15) is 0 Å². The van der Waals surface area contributed by atoms with Crippen molar-refractivity contribution in [1.82, 2.24) is 0 Å². The molecule has 0 saturated heterocycles. The van der Waals surface area contributed by atoms with E-state index in [2.05, 4.69) is 17.4 Å². The van der Waals surface area contributed by atoms with Gasteiger partial charge in [-0.3, -0.25) is 4.79 Å². The number of hydrogen-bond acceptors (Lipinski definition) is 2. The van der Waals surface area contributed by atoms with E-state index in [1.165, 1.54) is 16.9 Å². The van der Waals surface area contributed by atoms with Gasteiger partial charge in [-0.05, 0) is 44.0 Å². The van der Waals surface area contributed by atoms with Gasteiger partial charge in [-0.2, -0.15) is 0 Å². The fourth-order valence-electron chi connectivity index (χ4n) is 1.99. The number of thiophene rings is 1. The Labute approximate surface area is 116 Å². The van der Waals surface area contributed by atoms with Crippen LogP contribution >= 0.6 is 22.9 Å². The SMILES string of the molecule is Cc1cc(C)c(NC(=O)c2ccc(Cl)s2)c(C)c1. The molecule has 0 aliphatic heterocycles. The second kappa shape index (κ2) is 5.12. The Morgan fingerprint density at radius 1 is 1.17 bits per heavy atom. The number of benzene rings is 1. The number of hydrogen-bond donors (Lipinski definition) is 1. The molecule has 2 aromatic rings. The van der Waals surface area contributed by atoms with Crippen LogP contribution in [0.5, 0.6) is 0 Å². The van der Waals surface area contributed by atoms with Crippen molar-refractivity contribution in [3.63, 3.8) is 0 Å². The Balaban J connectivity index is 2.27. The first-order valence-corrected chi connectivity index (χ1v) is 6.81. The van der Waals surface area contributed by atoms with Crippen molar-refractivity contribution in [2.45, 2.75) is 20.8 Å². The summed E-state index contributed by atoms with van der Waals surface area (Å²) in [4.78, 5) is 12.7. The molecule has 0 spiro atoms. The van der Waals surface area contributed by atoms with Gasteiger partial charge < -0.3 is 5.32 Å². The van der Waals surface area contributed by atoms with Crippen LogP contribution in [0, 0.1) is 20.8 Å². The summed E-state index contributed by atoms with van der Waals surface area (Å²) in [5.41, 5.74) is 4.23. The third-order valence-corrected chi connectivity index (χ3v) is 3.94. The summed E-state index contributed by atoms with van der Waals surface area (Å²) in [7, 11) is 0. The first kappa shape index (κ1) is 13.1. The molecular formula is C14H14ClNOS. The summed E-state index contributed by atoms with van der Waals surface area (Å²) in [5, 5.41) is 2.95. The Bertz CT molecular complexity index is 581. The summed E-state index contributed by atoms with van der Waals surface area (Å²) < 4.78 is 0.623. The van der Waals surface area contributed by atoms with Crippen molar-refractivity contribution in [3.8, 4) is 0 Å². The highest BCUT2D eigenvalue weighted by Crippen LogP contribution is 2.25. The molecule has 1 N–H and O–H groups in total. The summed E-state index contributed by atoms with van der Waals surface area (Å²) in [6.07, 6.45) is 0. The summed E-state index contributed by atoms with van der Waals surface area (Å²) in [5.74, 6) is -0.109. The second-order valence-corrected chi connectivity index (χ2v) is 6.05. The van der Waals surface area contributed by atoms with E-state index in [-0.39, 0.29) is 5.91 Å². The number of carbonyl (C=O) groups excluding carboxylic acids is 1.